The standard InChI is InChI=1S/C19H38N4O/c1-16-9-8-10-22(14-16)17(2)13-20-18(24)21-15-19(3,4)23-11-6-5-7-12-23/h16-17H,5-15H2,1-4H3,(H2,20,21,24). The van der Waals surface area contributed by atoms with Crippen molar-refractivity contribution in [2.75, 3.05) is 39.3 Å². The van der Waals surface area contributed by atoms with Gasteiger partial charge in [0.1, 0.15) is 0 Å². The lowest BCUT2D eigenvalue weighted by molar-refractivity contribution is 0.0957. The van der Waals surface area contributed by atoms with E-state index in [1.807, 2.05) is 0 Å². The van der Waals surface area contributed by atoms with E-state index in [1.54, 1.807) is 0 Å². The predicted octanol–water partition coefficient (Wildman–Crippen LogP) is 2.67. The Labute approximate surface area is 148 Å². The lowest BCUT2D eigenvalue weighted by Crippen LogP contribution is -2.55. The average molecular weight is 339 g/mol. The number of urea groups is 1. The van der Waals surface area contributed by atoms with Crippen LogP contribution in [0.25, 0.3) is 0 Å². The number of nitrogens with zero attached hydrogens (tertiary/aromatic N) is 2. The summed E-state index contributed by atoms with van der Waals surface area (Å²) < 4.78 is 0. The van der Waals surface area contributed by atoms with Gasteiger partial charge in [-0.1, -0.05) is 13.3 Å². The van der Waals surface area contributed by atoms with E-state index < -0.39 is 0 Å². The van der Waals surface area contributed by atoms with Crippen LogP contribution in [0.3, 0.4) is 0 Å². The van der Waals surface area contributed by atoms with Crippen molar-refractivity contribution in [1.82, 2.24) is 20.4 Å². The van der Waals surface area contributed by atoms with Crippen molar-refractivity contribution in [1.29, 1.82) is 0 Å². The van der Waals surface area contributed by atoms with Gasteiger partial charge < -0.3 is 10.6 Å². The first-order valence-electron chi connectivity index (χ1n) is 9.89. The predicted molar refractivity (Wildman–Crippen MR) is 100 cm³/mol. The van der Waals surface area contributed by atoms with Crippen LogP contribution < -0.4 is 10.6 Å². The van der Waals surface area contributed by atoms with E-state index >= 15 is 0 Å². The minimum Gasteiger partial charge on any atom is -0.337 e. The van der Waals surface area contributed by atoms with Crippen molar-refractivity contribution in [3.8, 4) is 0 Å². The summed E-state index contributed by atoms with van der Waals surface area (Å²) in [5.74, 6) is 0.778. The Bertz CT molecular complexity index is 393. The van der Waals surface area contributed by atoms with Crippen LogP contribution in [-0.4, -0.2) is 66.7 Å². The van der Waals surface area contributed by atoms with Crippen LogP contribution in [0, 0.1) is 5.92 Å². The van der Waals surface area contributed by atoms with Crippen LogP contribution in [0.1, 0.15) is 59.8 Å². The molecule has 2 unspecified atom stereocenters. The third kappa shape index (κ3) is 5.92. The van der Waals surface area contributed by atoms with Gasteiger partial charge in [0.05, 0.1) is 0 Å². The first-order chi connectivity index (χ1) is 11.4. The number of hydrogen-bond donors (Lipinski definition) is 2. The molecular formula is C19H38N4O. The summed E-state index contributed by atoms with van der Waals surface area (Å²) in [6.07, 6.45) is 6.51. The maximum Gasteiger partial charge on any atom is 0.314 e. The maximum absolute atomic E-state index is 12.2. The molecule has 2 amide bonds. The van der Waals surface area contributed by atoms with Gasteiger partial charge in [-0.3, -0.25) is 9.80 Å². The van der Waals surface area contributed by atoms with Gasteiger partial charge in [-0.05, 0) is 72.0 Å². The molecule has 24 heavy (non-hydrogen) atoms. The van der Waals surface area contributed by atoms with Crippen LogP contribution in [0.15, 0.2) is 0 Å². The van der Waals surface area contributed by atoms with Crippen LogP contribution in [0.5, 0.6) is 0 Å². The van der Waals surface area contributed by atoms with Gasteiger partial charge in [0, 0.05) is 31.2 Å². The summed E-state index contributed by atoms with van der Waals surface area (Å²) in [6.45, 7) is 15.1. The first kappa shape index (κ1) is 19.5. The fourth-order valence-corrected chi connectivity index (χ4v) is 3.97. The zero-order valence-electron chi connectivity index (χ0n) is 16.2. The van der Waals surface area contributed by atoms with Crippen molar-refractivity contribution in [3.63, 3.8) is 0 Å². The Morgan fingerprint density at radius 2 is 1.83 bits per heavy atom. The highest BCUT2D eigenvalue weighted by Gasteiger charge is 2.28. The molecule has 2 saturated heterocycles. The molecule has 0 bridgehead atoms. The SMILES string of the molecule is CC1CCCN(C(C)CNC(=O)NCC(C)(C)N2CCCCC2)C1. The smallest absolute Gasteiger partial charge is 0.314 e. The molecule has 2 fully saturated rings. The van der Waals surface area contributed by atoms with Gasteiger partial charge in [0.2, 0.25) is 0 Å². The second-order valence-corrected chi connectivity index (χ2v) is 8.52. The van der Waals surface area contributed by atoms with Crippen molar-refractivity contribution < 1.29 is 4.79 Å². The molecule has 0 saturated carbocycles. The molecule has 0 aromatic rings. The highest BCUT2D eigenvalue weighted by Crippen LogP contribution is 2.20. The molecule has 2 N–H and O–H groups in total. The summed E-state index contributed by atoms with van der Waals surface area (Å²) in [5, 5.41) is 6.14. The van der Waals surface area contributed by atoms with Gasteiger partial charge in [-0.15, -0.1) is 0 Å². The van der Waals surface area contributed by atoms with E-state index in [9.17, 15) is 4.79 Å². The van der Waals surface area contributed by atoms with E-state index in [0.717, 1.165) is 38.6 Å². The van der Waals surface area contributed by atoms with Crippen molar-refractivity contribution in [2.24, 2.45) is 5.92 Å². The minimum absolute atomic E-state index is 0.0306. The maximum atomic E-state index is 12.2. The topological polar surface area (TPSA) is 47.6 Å². The number of likely N-dealkylation sites (tertiary alicyclic amines) is 2. The first-order valence-corrected chi connectivity index (χ1v) is 9.89. The van der Waals surface area contributed by atoms with E-state index in [0.29, 0.717) is 12.6 Å². The van der Waals surface area contributed by atoms with Gasteiger partial charge >= 0.3 is 6.03 Å². The largest absolute Gasteiger partial charge is 0.337 e. The Morgan fingerprint density at radius 1 is 1.12 bits per heavy atom. The molecule has 5 heteroatoms. The van der Waals surface area contributed by atoms with E-state index in [2.05, 4.69) is 48.1 Å². The molecule has 0 aromatic heterocycles. The summed E-state index contributed by atoms with van der Waals surface area (Å²) in [4.78, 5) is 17.2. The zero-order chi connectivity index (χ0) is 17.6. The average Bonchev–Trinajstić information content (AvgIpc) is 2.58. The van der Waals surface area contributed by atoms with Gasteiger partial charge in [-0.25, -0.2) is 4.79 Å². The fourth-order valence-electron chi connectivity index (χ4n) is 3.97. The lowest BCUT2D eigenvalue weighted by Gasteiger charge is -2.41. The fraction of sp³-hybridized carbons (Fsp3) is 0.947. The Kier molecular flexibility index (Phi) is 7.35. The number of rotatable bonds is 6. The summed E-state index contributed by atoms with van der Waals surface area (Å²) >= 11 is 0. The van der Waals surface area contributed by atoms with Crippen LogP contribution >= 0.6 is 0 Å². The third-order valence-corrected chi connectivity index (χ3v) is 5.76. The Balaban J connectivity index is 1.67. The Hall–Kier alpha value is -0.810. The summed E-state index contributed by atoms with van der Waals surface area (Å²) in [5.41, 5.74) is 0.0334. The number of nitrogens with one attached hydrogen (secondary N) is 2. The normalized spacial score (nSPS) is 25.2. The number of amides is 2. The molecule has 0 aromatic carbocycles. The lowest BCUT2D eigenvalue weighted by atomic mass is 9.98. The molecule has 2 heterocycles. The number of hydrogen-bond acceptors (Lipinski definition) is 3. The molecule has 2 aliphatic rings. The molecule has 0 aliphatic carbocycles. The third-order valence-electron chi connectivity index (χ3n) is 5.76. The van der Waals surface area contributed by atoms with Crippen molar-refractivity contribution >= 4 is 6.03 Å². The molecular weight excluding hydrogens is 300 g/mol. The molecule has 0 spiro atoms. The Morgan fingerprint density at radius 3 is 2.50 bits per heavy atom. The monoisotopic (exact) mass is 338 g/mol. The number of piperidine rings is 2. The van der Waals surface area contributed by atoms with Crippen molar-refractivity contribution in [2.45, 2.75) is 71.4 Å². The summed E-state index contributed by atoms with van der Waals surface area (Å²) in [6, 6.07) is 0.380. The molecule has 0 radical (unpaired) electrons. The minimum atomic E-state index is -0.0306. The second kappa shape index (κ2) is 9.04. The van der Waals surface area contributed by atoms with Crippen LogP contribution in [-0.2, 0) is 0 Å². The van der Waals surface area contributed by atoms with Crippen LogP contribution in [0.4, 0.5) is 4.79 Å². The molecule has 2 atom stereocenters. The van der Waals surface area contributed by atoms with Gasteiger partial charge in [0.15, 0.2) is 0 Å². The van der Waals surface area contributed by atoms with Gasteiger partial charge in [0.25, 0.3) is 0 Å². The highest BCUT2D eigenvalue weighted by molar-refractivity contribution is 5.73. The molecule has 2 aliphatic heterocycles. The molecule has 140 valence electrons. The van der Waals surface area contributed by atoms with Crippen molar-refractivity contribution in [3.05, 3.63) is 0 Å². The quantitative estimate of drug-likeness (QED) is 0.783. The number of carbonyl (C=O) groups is 1. The van der Waals surface area contributed by atoms with E-state index in [-0.39, 0.29) is 11.6 Å². The molecule has 2 rings (SSSR count). The zero-order valence-corrected chi connectivity index (χ0v) is 16.2. The van der Waals surface area contributed by atoms with Crippen LogP contribution in [0.2, 0.25) is 0 Å². The van der Waals surface area contributed by atoms with E-state index in [1.165, 1.54) is 32.1 Å². The second-order valence-electron chi connectivity index (χ2n) is 8.52. The molecule has 5 nitrogen and oxygen atoms in total. The van der Waals surface area contributed by atoms with Gasteiger partial charge in [-0.2, -0.15) is 0 Å². The number of carbonyl (C=O) groups excluding carboxylic acids is 1. The highest BCUT2D eigenvalue weighted by atomic mass is 16.2. The van der Waals surface area contributed by atoms with E-state index in [4.69, 9.17) is 0 Å². The summed E-state index contributed by atoms with van der Waals surface area (Å²) in [7, 11) is 0.